The van der Waals surface area contributed by atoms with Crippen LogP contribution in [0.1, 0.15) is 26.7 Å². The molecule has 0 saturated carbocycles. The van der Waals surface area contributed by atoms with Gasteiger partial charge in [-0.15, -0.1) is 0 Å². The van der Waals surface area contributed by atoms with Crippen molar-refractivity contribution in [3.63, 3.8) is 0 Å². The van der Waals surface area contributed by atoms with Gasteiger partial charge < -0.3 is 14.6 Å². The van der Waals surface area contributed by atoms with Crippen LogP contribution >= 0.6 is 0 Å². The summed E-state index contributed by atoms with van der Waals surface area (Å²) >= 11 is 0. The first-order chi connectivity index (χ1) is 6.67. The van der Waals surface area contributed by atoms with E-state index in [4.69, 9.17) is 14.6 Å². The molecule has 3 heteroatoms. The summed E-state index contributed by atoms with van der Waals surface area (Å²) in [6.07, 6.45) is 2.02. The number of hydrogen-bond donors (Lipinski definition) is 1. The number of aliphatic hydroxyl groups excluding tert-OH is 1. The first-order valence-electron chi connectivity index (χ1n) is 5.24. The Morgan fingerprint density at radius 3 is 2.57 bits per heavy atom. The first kappa shape index (κ1) is 10.1. The Bertz CT molecular complexity index is 251. The zero-order valence-corrected chi connectivity index (χ0v) is 8.88. The summed E-state index contributed by atoms with van der Waals surface area (Å²) in [6, 6.07) is 0. The molecular weight excluding hydrogens is 180 g/mol. The van der Waals surface area contributed by atoms with E-state index in [-0.39, 0.29) is 6.61 Å². The summed E-state index contributed by atoms with van der Waals surface area (Å²) in [6.45, 7) is 5.65. The Balaban J connectivity index is 2.16. The lowest BCUT2D eigenvalue weighted by molar-refractivity contribution is -0.171. The van der Waals surface area contributed by atoms with Crippen molar-refractivity contribution in [1.82, 2.24) is 0 Å². The molecule has 1 saturated heterocycles. The Labute approximate surface area is 84.7 Å². The zero-order chi connectivity index (χ0) is 10.2. The van der Waals surface area contributed by atoms with Gasteiger partial charge >= 0.3 is 0 Å². The number of rotatable bonds is 2. The minimum atomic E-state index is -0.443. The van der Waals surface area contributed by atoms with E-state index in [1.54, 1.807) is 0 Å². The molecule has 14 heavy (non-hydrogen) atoms. The van der Waals surface area contributed by atoms with Gasteiger partial charge in [0.25, 0.3) is 0 Å². The SMILES string of the molecule is CC1=C(CO)CCC1C1(C)OCCO1. The minimum absolute atomic E-state index is 0.179. The van der Waals surface area contributed by atoms with Crippen LogP contribution in [-0.4, -0.2) is 30.7 Å². The molecular formula is C11H18O3. The molecule has 1 heterocycles. The monoisotopic (exact) mass is 198 g/mol. The molecule has 0 radical (unpaired) electrons. The van der Waals surface area contributed by atoms with Crippen LogP contribution in [0.4, 0.5) is 0 Å². The summed E-state index contributed by atoms with van der Waals surface area (Å²) in [5.74, 6) is -0.117. The molecule has 0 bridgehead atoms. The standard InChI is InChI=1S/C11H18O3/c1-8-9(7-12)3-4-10(8)11(2)13-5-6-14-11/h10,12H,3-7H2,1-2H3. The summed E-state index contributed by atoms with van der Waals surface area (Å²) in [5.41, 5.74) is 2.42. The molecule has 2 aliphatic rings. The Kier molecular flexibility index (Phi) is 2.64. The molecule has 0 spiro atoms. The second kappa shape index (κ2) is 3.65. The van der Waals surface area contributed by atoms with Crippen LogP contribution in [-0.2, 0) is 9.47 Å². The maximum atomic E-state index is 9.14. The fourth-order valence-electron chi connectivity index (χ4n) is 2.57. The quantitative estimate of drug-likeness (QED) is 0.683. The molecule has 0 aromatic rings. The van der Waals surface area contributed by atoms with Gasteiger partial charge in [0, 0.05) is 5.92 Å². The molecule has 1 aliphatic heterocycles. The van der Waals surface area contributed by atoms with Gasteiger partial charge in [0.2, 0.25) is 0 Å². The molecule has 0 aromatic heterocycles. The highest BCUT2D eigenvalue weighted by molar-refractivity contribution is 5.23. The molecule has 1 N–H and O–H groups in total. The summed E-state index contributed by atoms with van der Waals surface area (Å²) in [5, 5.41) is 9.14. The van der Waals surface area contributed by atoms with Gasteiger partial charge in [0.05, 0.1) is 19.8 Å². The van der Waals surface area contributed by atoms with Crippen LogP contribution < -0.4 is 0 Å². The largest absolute Gasteiger partial charge is 0.392 e. The van der Waals surface area contributed by atoms with Crippen molar-refractivity contribution in [2.24, 2.45) is 5.92 Å². The van der Waals surface area contributed by atoms with Crippen LogP contribution in [0.25, 0.3) is 0 Å². The predicted octanol–water partition coefficient (Wildman–Crippen LogP) is 1.47. The van der Waals surface area contributed by atoms with Crippen molar-refractivity contribution in [3.8, 4) is 0 Å². The van der Waals surface area contributed by atoms with E-state index >= 15 is 0 Å². The number of hydrogen-bond acceptors (Lipinski definition) is 3. The predicted molar refractivity (Wildman–Crippen MR) is 52.8 cm³/mol. The minimum Gasteiger partial charge on any atom is -0.392 e. The van der Waals surface area contributed by atoms with E-state index < -0.39 is 5.79 Å². The normalized spacial score (nSPS) is 31.5. The lowest BCUT2D eigenvalue weighted by Gasteiger charge is -2.30. The van der Waals surface area contributed by atoms with E-state index in [9.17, 15) is 0 Å². The van der Waals surface area contributed by atoms with Gasteiger partial charge in [0.15, 0.2) is 5.79 Å². The molecule has 1 fully saturated rings. The third kappa shape index (κ3) is 1.49. The lowest BCUT2D eigenvalue weighted by Crippen LogP contribution is -2.35. The van der Waals surface area contributed by atoms with Crippen molar-refractivity contribution < 1.29 is 14.6 Å². The highest BCUT2D eigenvalue weighted by Crippen LogP contribution is 2.42. The third-order valence-corrected chi connectivity index (χ3v) is 3.50. The number of ether oxygens (including phenoxy) is 2. The first-order valence-corrected chi connectivity index (χ1v) is 5.24. The maximum absolute atomic E-state index is 9.14. The van der Waals surface area contributed by atoms with E-state index in [1.807, 2.05) is 6.92 Å². The fourth-order valence-corrected chi connectivity index (χ4v) is 2.57. The summed E-state index contributed by atoms with van der Waals surface area (Å²) < 4.78 is 11.3. The van der Waals surface area contributed by atoms with Crippen LogP contribution in [0.15, 0.2) is 11.1 Å². The van der Waals surface area contributed by atoms with Crippen LogP contribution in [0.5, 0.6) is 0 Å². The maximum Gasteiger partial charge on any atom is 0.172 e. The van der Waals surface area contributed by atoms with Gasteiger partial charge in [-0.3, -0.25) is 0 Å². The van der Waals surface area contributed by atoms with Gasteiger partial charge in [-0.25, -0.2) is 0 Å². The molecule has 80 valence electrons. The van der Waals surface area contributed by atoms with E-state index in [0.717, 1.165) is 18.4 Å². The topological polar surface area (TPSA) is 38.7 Å². The molecule has 3 nitrogen and oxygen atoms in total. The lowest BCUT2D eigenvalue weighted by atomic mass is 9.93. The molecule has 1 aliphatic carbocycles. The van der Waals surface area contributed by atoms with Gasteiger partial charge in [-0.1, -0.05) is 5.57 Å². The average Bonchev–Trinajstić information content (AvgIpc) is 2.73. The summed E-state index contributed by atoms with van der Waals surface area (Å²) in [7, 11) is 0. The molecule has 0 aromatic carbocycles. The Morgan fingerprint density at radius 1 is 1.43 bits per heavy atom. The fraction of sp³-hybridized carbons (Fsp3) is 0.818. The molecule has 0 amide bonds. The Morgan fingerprint density at radius 2 is 2.07 bits per heavy atom. The van der Waals surface area contributed by atoms with Gasteiger partial charge in [0.1, 0.15) is 0 Å². The second-order valence-electron chi connectivity index (χ2n) is 4.25. The van der Waals surface area contributed by atoms with Gasteiger partial charge in [-0.05, 0) is 32.3 Å². The summed E-state index contributed by atoms with van der Waals surface area (Å²) in [4.78, 5) is 0. The zero-order valence-electron chi connectivity index (χ0n) is 8.88. The van der Waals surface area contributed by atoms with E-state index in [2.05, 4.69) is 6.92 Å². The van der Waals surface area contributed by atoms with Crippen molar-refractivity contribution in [1.29, 1.82) is 0 Å². The smallest absolute Gasteiger partial charge is 0.172 e. The van der Waals surface area contributed by atoms with Crippen molar-refractivity contribution in [2.75, 3.05) is 19.8 Å². The molecule has 2 rings (SSSR count). The highest BCUT2D eigenvalue weighted by atomic mass is 16.7. The van der Waals surface area contributed by atoms with Crippen molar-refractivity contribution >= 4 is 0 Å². The van der Waals surface area contributed by atoms with Crippen molar-refractivity contribution in [2.45, 2.75) is 32.5 Å². The van der Waals surface area contributed by atoms with Crippen LogP contribution in [0, 0.1) is 5.92 Å². The second-order valence-corrected chi connectivity index (χ2v) is 4.25. The van der Waals surface area contributed by atoms with Crippen LogP contribution in [0.3, 0.4) is 0 Å². The van der Waals surface area contributed by atoms with E-state index in [1.165, 1.54) is 5.57 Å². The van der Waals surface area contributed by atoms with Crippen molar-refractivity contribution in [3.05, 3.63) is 11.1 Å². The van der Waals surface area contributed by atoms with Crippen LogP contribution in [0.2, 0.25) is 0 Å². The molecule has 1 atom stereocenters. The highest BCUT2D eigenvalue weighted by Gasteiger charge is 2.43. The van der Waals surface area contributed by atoms with E-state index in [0.29, 0.717) is 19.1 Å². The third-order valence-electron chi connectivity index (χ3n) is 3.50. The van der Waals surface area contributed by atoms with Gasteiger partial charge in [-0.2, -0.15) is 0 Å². The number of aliphatic hydroxyl groups is 1. The Hall–Kier alpha value is -0.380. The molecule has 1 unspecified atom stereocenters. The average molecular weight is 198 g/mol.